The highest BCUT2D eigenvalue weighted by Gasteiger charge is 2.29. The van der Waals surface area contributed by atoms with Crippen LogP contribution in [0.4, 0.5) is 4.79 Å². The molecule has 1 aliphatic carbocycles. The van der Waals surface area contributed by atoms with Crippen LogP contribution in [0.1, 0.15) is 46.5 Å². The Morgan fingerprint density at radius 3 is 2.90 bits per heavy atom. The zero-order chi connectivity index (χ0) is 15.5. The van der Waals surface area contributed by atoms with Crippen LogP contribution in [0.25, 0.3) is 0 Å². The molecule has 1 amide bonds. The molecule has 0 aromatic rings. The van der Waals surface area contributed by atoms with E-state index in [-0.39, 0.29) is 24.8 Å². The van der Waals surface area contributed by atoms with Gasteiger partial charge in [0, 0.05) is 18.3 Å². The Bertz CT molecular complexity index is 406. The van der Waals surface area contributed by atoms with E-state index in [1.165, 1.54) is 0 Å². The number of aliphatic hydroxyl groups is 1. The molecule has 1 saturated carbocycles. The van der Waals surface area contributed by atoms with Crippen LogP contribution >= 0.6 is 0 Å². The summed E-state index contributed by atoms with van der Waals surface area (Å²) in [6, 6.07) is 0.405. The fraction of sp³-hybridized carbons (Fsp3) is 0.786. The highest BCUT2D eigenvalue weighted by atomic mass is 16.6. The maximum absolute atomic E-state index is 11.8. The molecule has 0 saturated heterocycles. The SMILES string of the molecule is CC(C)(C)OC(=O)NC1CCCC(N2C=C(CO)NN2)C1. The fourth-order valence-electron chi connectivity index (χ4n) is 2.67. The Balaban J connectivity index is 1.84. The van der Waals surface area contributed by atoms with Gasteiger partial charge in [0.2, 0.25) is 0 Å². The third kappa shape index (κ3) is 4.78. The summed E-state index contributed by atoms with van der Waals surface area (Å²) in [4.78, 5) is 11.8. The lowest BCUT2D eigenvalue weighted by molar-refractivity contribution is 0.0469. The van der Waals surface area contributed by atoms with Crippen molar-refractivity contribution in [2.45, 2.75) is 64.1 Å². The fourth-order valence-corrected chi connectivity index (χ4v) is 2.67. The van der Waals surface area contributed by atoms with Crippen LogP contribution in [0.5, 0.6) is 0 Å². The van der Waals surface area contributed by atoms with Gasteiger partial charge in [0.15, 0.2) is 0 Å². The zero-order valence-electron chi connectivity index (χ0n) is 13.0. The van der Waals surface area contributed by atoms with Crippen LogP contribution in [-0.4, -0.2) is 40.5 Å². The molecule has 120 valence electrons. The summed E-state index contributed by atoms with van der Waals surface area (Å²) in [6.07, 6.45) is 5.44. The normalized spacial score (nSPS) is 26.1. The van der Waals surface area contributed by atoms with Gasteiger partial charge in [0.1, 0.15) is 5.60 Å². The average molecular weight is 298 g/mol. The predicted octanol–water partition coefficient (Wildman–Crippen LogP) is 0.981. The summed E-state index contributed by atoms with van der Waals surface area (Å²) in [5, 5.41) is 14.0. The second-order valence-electron chi connectivity index (χ2n) is 6.62. The third-order valence-corrected chi connectivity index (χ3v) is 3.57. The molecule has 7 nitrogen and oxygen atoms in total. The van der Waals surface area contributed by atoms with E-state index in [1.54, 1.807) is 0 Å². The number of carbonyl (C=O) groups is 1. The number of ether oxygens (including phenoxy) is 1. The van der Waals surface area contributed by atoms with E-state index in [0.717, 1.165) is 31.4 Å². The van der Waals surface area contributed by atoms with Crippen LogP contribution in [0.3, 0.4) is 0 Å². The van der Waals surface area contributed by atoms with Gasteiger partial charge in [-0.1, -0.05) is 0 Å². The molecule has 0 aromatic carbocycles. The molecular formula is C14H26N4O3. The standard InChI is InChI=1S/C14H26N4O3/c1-14(2,3)21-13(20)15-10-5-4-6-12(7-10)18-8-11(9-19)16-17-18/h8,10,12,16-17,19H,4-7,9H2,1-3H3,(H,15,20). The van der Waals surface area contributed by atoms with Gasteiger partial charge in [-0.25, -0.2) is 4.79 Å². The number of carbonyl (C=O) groups excluding carboxylic acids is 1. The molecule has 1 heterocycles. The summed E-state index contributed by atoms with van der Waals surface area (Å²) >= 11 is 0. The summed E-state index contributed by atoms with van der Waals surface area (Å²) < 4.78 is 5.30. The Morgan fingerprint density at radius 1 is 1.52 bits per heavy atom. The van der Waals surface area contributed by atoms with Crippen LogP contribution in [0.2, 0.25) is 0 Å². The van der Waals surface area contributed by atoms with Crippen molar-refractivity contribution in [3.05, 3.63) is 11.9 Å². The minimum absolute atomic E-state index is 0.0180. The Labute approximate surface area is 125 Å². The van der Waals surface area contributed by atoms with E-state index >= 15 is 0 Å². The number of hydrogen-bond acceptors (Lipinski definition) is 6. The van der Waals surface area contributed by atoms with E-state index in [4.69, 9.17) is 9.84 Å². The predicted molar refractivity (Wildman–Crippen MR) is 78.7 cm³/mol. The summed E-state index contributed by atoms with van der Waals surface area (Å²) in [5.41, 5.74) is 6.21. The molecule has 1 fully saturated rings. The molecule has 2 aliphatic rings. The number of nitrogens with one attached hydrogen (secondary N) is 3. The van der Waals surface area contributed by atoms with E-state index in [9.17, 15) is 4.79 Å². The quantitative estimate of drug-likeness (QED) is 0.621. The molecule has 7 heteroatoms. The van der Waals surface area contributed by atoms with Crippen molar-refractivity contribution in [3.63, 3.8) is 0 Å². The van der Waals surface area contributed by atoms with E-state index in [0.29, 0.717) is 0 Å². The highest BCUT2D eigenvalue weighted by Crippen LogP contribution is 2.24. The van der Waals surface area contributed by atoms with Crippen molar-refractivity contribution in [1.82, 2.24) is 21.3 Å². The molecule has 2 rings (SSSR count). The van der Waals surface area contributed by atoms with Crippen molar-refractivity contribution >= 4 is 6.09 Å². The largest absolute Gasteiger partial charge is 0.444 e. The Kier molecular flexibility index (Phi) is 4.95. The maximum Gasteiger partial charge on any atom is 0.407 e. The number of hydrogen-bond donors (Lipinski definition) is 4. The van der Waals surface area contributed by atoms with Crippen molar-refractivity contribution in [3.8, 4) is 0 Å². The second kappa shape index (κ2) is 6.53. The zero-order valence-corrected chi connectivity index (χ0v) is 13.0. The van der Waals surface area contributed by atoms with Gasteiger partial charge in [0.25, 0.3) is 0 Å². The Morgan fingerprint density at radius 2 is 2.29 bits per heavy atom. The third-order valence-electron chi connectivity index (χ3n) is 3.57. The van der Waals surface area contributed by atoms with Gasteiger partial charge in [-0.3, -0.25) is 5.01 Å². The second-order valence-corrected chi connectivity index (χ2v) is 6.62. The van der Waals surface area contributed by atoms with Crippen LogP contribution in [0, 0.1) is 0 Å². The average Bonchev–Trinajstić information content (AvgIpc) is 2.85. The molecule has 0 radical (unpaired) electrons. The molecule has 0 aromatic heterocycles. The maximum atomic E-state index is 11.8. The minimum Gasteiger partial charge on any atom is -0.444 e. The first-order valence-corrected chi connectivity index (χ1v) is 7.48. The Hall–Kier alpha value is -1.47. The molecule has 21 heavy (non-hydrogen) atoms. The van der Waals surface area contributed by atoms with Gasteiger partial charge in [-0.2, -0.15) is 0 Å². The number of hydrazine groups is 2. The lowest BCUT2D eigenvalue weighted by atomic mass is 9.91. The minimum atomic E-state index is -0.475. The number of rotatable bonds is 3. The van der Waals surface area contributed by atoms with Gasteiger partial charge in [-0.05, 0) is 46.5 Å². The van der Waals surface area contributed by atoms with Crippen molar-refractivity contribution in [2.24, 2.45) is 0 Å². The number of aliphatic hydroxyl groups excluding tert-OH is 1. The molecule has 1 aliphatic heterocycles. The van der Waals surface area contributed by atoms with E-state index in [1.807, 2.05) is 32.0 Å². The lowest BCUT2D eigenvalue weighted by Crippen LogP contribution is -2.49. The van der Waals surface area contributed by atoms with Gasteiger partial charge in [-0.15, -0.1) is 5.53 Å². The molecule has 4 N–H and O–H groups in total. The first-order chi connectivity index (χ1) is 9.87. The van der Waals surface area contributed by atoms with E-state index < -0.39 is 5.60 Å². The van der Waals surface area contributed by atoms with Crippen molar-refractivity contribution in [1.29, 1.82) is 0 Å². The number of amides is 1. The van der Waals surface area contributed by atoms with Crippen molar-refractivity contribution < 1.29 is 14.6 Å². The lowest BCUT2D eigenvalue weighted by Gasteiger charge is -2.35. The monoisotopic (exact) mass is 298 g/mol. The topological polar surface area (TPSA) is 85.9 Å². The summed E-state index contributed by atoms with van der Waals surface area (Å²) in [6.45, 7) is 5.56. The molecule has 0 bridgehead atoms. The number of alkyl carbamates (subject to hydrolysis) is 1. The number of nitrogens with zero attached hydrogens (tertiary/aromatic N) is 1. The molecule has 2 unspecified atom stereocenters. The molecule has 2 atom stereocenters. The first-order valence-electron chi connectivity index (χ1n) is 7.48. The van der Waals surface area contributed by atoms with Crippen LogP contribution in [0.15, 0.2) is 11.9 Å². The van der Waals surface area contributed by atoms with Crippen LogP contribution < -0.4 is 16.3 Å². The first kappa shape index (κ1) is 15.9. The van der Waals surface area contributed by atoms with Gasteiger partial charge >= 0.3 is 6.09 Å². The van der Waals surface area contributed by atoms with Crippen LogP contribution in [-0.2, 0) is 4.74 Å². The molecular weight excluding hydrogens is 272 g/mol. The molecule has 0 spiro atoms. The summed E-state index contributed by atoms with van der Waals surface area (Å²) in [7, 11) is 0. The van der Waals surface area contributed by atoms with Gasteiger partial charge < -0.3 is 20.6 Å². The van der Waals surface area contributed by atoms with Gasteiger partial charge in [0.05, 0.1) is 12.3 Å². The highest BCUT2D eigenvalue weighted by molar-refractivity contribution is 5.68. The summed E-state index contributed by atoms with van der Waals surface area (Å²) in [5.74, 6) is 0. The smallest absolute Gasteiger partial charge is 0.407 e. The van der Waals surface area contributed by atoms with Crippen molar-refractivity contribution in [2.75, 3.05) is 6.61 Å². The van der Waals surface area contributed by atoms with E-state index in [2.05, 4.69) is 16.3 Å².